The Bertz CT molecular complexity index is 1080. The molecule has 154 valence electrons. The molecule has 8 heteroatoms. The highest BCUT2D eigenvalue weighted by molar-refractivity contribution is 7.91. The van der Waals surface area contributed by atoms with E-state index in [1.165, 1.54) is 7.11 Å². The molecule has 1 atom stereocenters. The van der Waals surface area contributed by atoms with Gasteiger partial charge in [0.05, 0.1) is 31.4 Å². The van der Waals surface area contributed by atoms with Crippen LogP contribution >= 0.6 is 0 Å². The molecular formula is C21H23NO6S. The average molecular weight is 417 g/mol. The zero-order chi connectivity index (χ0) is 21.3. The molecular weight excluding hydrogens is 394 g/mol. The summed E-state index contributed by atoms with van der Waals surface area (Å²) in [6.45, 7) is 3.73. The molecule has 2 aromatic rings. The van der Waals surface area contributed by atoms with E-state index in [4.69, 9.17) is 9.47 Å². The van der Waals surface area contributed by atoms with Crippen LogP contribution in [0.5, 0.6) is 11.5 Å². The first-order chi connectivity index (χ1) is 13.7. The number of sulfone groups is 1. The molecule has 2 amide bonds. The van der Waals surface area contributed by atoms with Crippen molar-refractivity contribution in [2.24, 2.45) is 0 Å². The van der Waals surface area contributed by atoms with Gasteiger partial charge in [0, 0.05) is 6.26 Å². The summed E-state index contributed by atoms with van der Waals surface area (Å²) in [7, 11) is -2.15. The Balaban J connectivity index is 1.99. The van der Waals surface area contributed by atoms with Crippen LogP contribution in [0.15, 0.2) is 36.4 Å². The van der Waals surface area contributed by atoms with Crippen LogP contribution in [-0.4, -0.2) is 51.6 Å². The van der Waals surface area contributed by atoms with Crippen molar-refractivity contribution >= 4 is 21.7 Å². The monoisotopic (exact) mass is 417 g/mol. The molecule has 0 fully saturated rings. The molecule has 1 unspecified atom stereocenters. The lowest BCUT2D eigenvalue weighted by Crippen LogP contribution is -2.36. The molecule has 29 heavy (non-hydrogen) atoms. The topological polar surface area (TPSA) is 90.0 Å². The molecule has 0 radical (unpaired) electrons. The lowest BCUT2D eigenvalue weighted by molar-refractivity contribution is 0.0654. The molecule has 1 aliphatic heterocycles. The molecule has 2 aromatic carbocycles. The molecule has 3 rings (SSSR count). The zero-order valence-corrected chi connectivity index (χ0v) is 17.6. The Labute approximate surface area is 170 Å². The van der Waals surface area contributed by atoms with Crippen molar-refractivity contribution in [3.63, 3.8) is 0 Å². The van der Waals surface area contributed by atoms with E-state index in [0.29, 0.717) is 29.2 Å². The Kier molecular flexibility index (Phi) is 5.66. The maximum absolute atomic E-state index is 12.8. The summed E-state index contributed by atoms with van der Waals surface area (Å²) < 4.78 is 35.9. The second kappa shape index (κ2) is 7.87. The second-order valence-corrected chi connectivity index (χ2v) is 9.16. The van der Waals surface area contributed by atoms with Crippen molar-refractivity contribution in [2.45, 2.75) is 19.1 Å². The predicted octanol–water partition coefficient (Wildman–Crippen LogP) is 2.78. The molecule has 0 bridgehead atoms. The SMILES string of the molecule is CCOc1cc(C(CN2C(=O)c3ccc(C)cc3C2=O)S(C)(=O)=O)ccc1OC. The third-order valence-electron chi connectivity index (χ3n) is 4.85. The van der Waals surface area contributed by atoms with Gasteiger partial charge in [-0.05, 0) is 43.7 Å². The van der Waals surface area contributed by atoms with Gasteiger partial charge in [0.1, 0.15) is 5.25 Å². The van der Waals surface area contributed by atoms with Gasteiger partial charge in [0.25, 0.3) is 11.8 Å². The van der Waals surface area contributed by atoms with Crippen LogP contribution in [0.3, 0.4) is 0 Å². The van der Waals surface area contributed by atoms with Crippen LogP contribution in [0.2, 0.25) is 0 Å². The van der Waals surface area contributed by atoms with E-state index in [9.17, 15) is 18.0 Å². The fourth-order valence-electron chi connectivity index (χ4n) is 3.39. The highest BCUT2D eigenvalue weighted by atomic mass is 32.2. The summed E-state index contributed by atoms with van der Waals surface area (Å²) in [5, 5.41) is -1.09. The number of carbonyl (C=O) groups is 2. The number of rotatable bonds is 7. The van der Waals surface area contributed by atoms with E-state index in [-0.39, 0.29) is 12.1 Å². The Hall–Kier alpha value is -2.87. The first-order valence-corrected chi connectivity index (χ1v) is 11.1. The van der Waals surface area contributed by atoms with E-state index in [1.54, 1.807) is 43.3 Å². The summed E-state index contributed by atoms with van der Waals surface area (Å²) in [6, 6.07) is 9.79. The maximum Gasteiger partial charge on any atom is 0.261 e. The highest BCUT2D eigenvalue weighted by Crippen LogP contribution is 2.34. The molecule has 0 aromatic heterocycles. The van der Waals surface area contributed by atoms with Gasteiger partial charge in [-0.3, -0.25) is 14.5 Å². The van der Waals surface area contributed by atoms with E-state index in [0.717, 1.165) is 16.7 Å². The van der Waals surface area contributed by atoms with Crippen molar-refractivity contribution in [1.29, 1.82) is 0 Å². The van der Waals surface area contributed by atoms with E-state index in [2.05, 4.69) is 0 Å². The Morgan fingerprint density at radius 1 is 1.00 bits per heavy atom. The number of ether oxygens (including phenoxy) is 2. The quantitative estimate of drug-likeness (QED) is 0.644. The molecule has 1 heterocycles. The highest BCUT2D eigenvalue weighted by Gasteiger charge is 2.39. The summed E-state index contributed by atoms with van der Waals surface area (Å²) in [6.07, 6.45) is 1.09. The number of methoxy groups -OCH3 is 1. The van der Waals surface area contributed by atoms with Crippen LogP contribution in [0.25, 0.3) is 0 Å². The third-order valence-corrected chi connectivity index (χ3v) is 6.31. The first-order valence-electron chi connectivity index (χ1n) is 9.13. The molecule has 0 aliphatic carbocycles. The van der Waals surface area contributed by atoms with Gasteiger partial charge in [-0.2, -0.15) is 0 Å². The maximum atomic E-state index is 12.8. The lowest BCUT2D eigenvalue weighted by atomic mass is 10.1. The molecule has 1 aliphatic rings. The summed E-state index contributed by atoms with van der Waals surface area (Å²) >= 11 is 0. The van der Waals surface area contributed by atoms with Crippen LogP contribution in [-0.2, 0) is 9.84 Å². The second-order valence-electron chi connectivity index (χ2n) is 6.93. The van der Waals surface area contributed by atoms with Gasteiger partial charge in [0.15, 0.2) is 21.3 Å². The van der Waals surface area contributed by atoms with Crippen LogP contribution in [0.4, 0.5) is 0 Å². The molecule has 0 spiro atoms. The number of hydrogen-bond donors (Lipinski definition) is 0. The largest absolute Gasteiger partial charge is 0.493 e. The number of benzene rings is 2. The van der Waals surface area contributed by atoms with E-state index >= 15 is 0 Å². The predicted molar refractivity (Wildman–Crippen MR) is 108 cm³/mol. The smallest absolute Gasteiger partial charge is 0.261 e. The van der Waals surface area contributed by atoms with E-state index < -0.39 is 26.9 Å². The minimum absolute atomic E-state index is 0.276. The number of aryl methyl sites for hydroxylation is 1. The number of amides is 2. The van der Waals surface area contributed by atoms with Crippen molar-refractivity contribution in [1.82, 2.24) is 4.90 Å². The van der Waals surface area contributed by atoms with Gasteiger partial charge in [-0.1, -0.05) is 17.7 Å². The number of imide groups is 1. The summed E-state index contributed by atoms with van der Waals surface area (Å²) in [5.41, 5.74) is 1.86. The van der Waals surface area contributed by atoms with Crippen LogP contribution in [0, 0.1) is 6.92 Å². The average Bonchev–Trinajstić information content (AvgIpc) is 2.89. The van der Waals surface area contributed by atoms with Gasteiger partial charge < -0.3 is 9.47 Å². The molecule has 7 nitrogen and oxygen atoms in total. The molecule has 0 N–H and O–H groups in total. The lowest BCUT2D eigenvalue weighted by Gasteiger charge is -2.22. The van der Waals surface area contributed by atoms with Crippen LogP contribution < -0.4 is 9.47 Å². The first kappa shape index (κ1) is 20.9. The third kappa shape index (κ3) is 3.98. The van der Waals surface area contributed by atoms with Crippen molar-refractivity contribution in [3.05, 3.63) is 58.7 Å². The summed E-state index contributed by atoms with van der Waals surface area (Å²) in [5.74, 6) is -0.101. The standard InChI is InChI=1S/C21H23NO6S/c1-5-28-18-11-14(7-9-17(18)27-3)19(29(4,25)26)12-22-20(23)15-8-6-13(2)10-16(15)21(22)24/h6-11,19H,5,12H2,1-4H3. The van der Waals surface area contributed by atoms with Gasteiger partial charge in [-0.25, -0.2) is 8.42 Å². The zero-order valence-electron chi connectivity index (χ0n) is 16.8. The normalized spacial score (nSPS) is 14.7. The van der Waals surface area contributed by atoms with Crippen LogP contribution in [0.1, 0.15) is 44.0 Å². The minimum atomic E-state index is -3.64. The van der Waals surface area contributed by atoms with Crippen molar-refractivity contribution in [2.75, 3.05) is 26.5 Å². The molecule has 0 saturated carbocycles. The fraction of sp³-hybridized carbons (Fsp3) is 0.333. The number of carbonyl (C=O) groups excluding carboxylic acids is 2. The summed E-state index contributed by atoms with van der Waals surface area (Å²) in [4.78, 5) is 26.5. The minimum Gasteiger partial charge on any atom is -0.493 e. The number of nitrogens with zero attached hydrogens (tertiary/aromatic N) is 1. The van der Waals surface area contributed by atoms with Gasteiger partial charge in [0.2, 0.25) is 0 Å². The fourth-order valence-corrected chi connectivity index (χ4v) is 4.45. The Morgan fingerprint density at radius 2 is 1.69 bits per heavy atom. The Morgan fingerprint density at radius 3 is 2.31 bits per heavy atom. The molecule has 0 saturated heterocycles. The van der Waals surface area contributed by atoms with Gasteiger partial charge >= 0.3 is 0 Å². The van der Waals surface area contributed by atoms with E-state index in [1.807, 2.05) is 6.92 Å². The number of hydrogen-bond acceptors (Lipinski definition) is 6. The van der Waals surface area contributed by atoms with Gasteiger partial charge in [-0.15, -0.1) is 0 Å². The van der Waals surface area contributed by atoms with Crippen molar-refractivity contribution in [3.8, 4) is 11.5 Å². The number of fused-ring (bicyclic) bond motifs is 1. The van der Waals surface area contributed by atoms with Crippen molar-refractivity contribution < 1.29 is 27.5 Å².